The van der Waals surface area contributed by atoms with Crippen LogP contribution in [0.3, 0.4) is 0 Å². The van der Waals surface area contributed by atoms with Gasteiger partial charge in [-0.05, 0) is 24.3 Å². The van der Waals surface area contributed by atoms with Crippen LogP contribution in [-0.2, 0) is 0 Å². The molecule has 2 N–H and O–H groups in total. The van der Waals surface area contributed by atoms with Crippen molar-refractivity contribution in [2.45, 2.75) is 0 Å². The van der Waals surface area contributed by atoms with E-state index in [1.807, 2.05) is 46.4 Å². The third kappa shape index (κ3) is 3.06. The predicted molar refractivity (Wildman–Crippen MR) is 104 cm³/mol. The van der Waals surface area contributed by atoms with Gasteiger partial charge in [-0.15, -0.1) is 11.3 Å². The maximum absolute atomic E-state index is 12.3. The Labute approximate surface area is 158 Å². The van der Waals surface area contributed by atoms with Crippen LogP contribution >= 0.6 is 11.3 Å². The molecule has 0 spiro atoms. The van der Waals surface area contributed by atoms with E-state index in [2.05, 4.69) is 15.6 Å². The van der Waals surface area contributed by atoms with Crippen molar-refractivity contribution >= 4 is 33.7 Å². The van der Waals surface area contributed by atoms with Crippen molar-refractivity contribution < 1.29 is 14.3 Å². The lowest BCUT2D eigenvalue weighted by Gasteiger charge is -2.09. The number of benzene rings is 2. The number of aromatic nitrogens is 2. The fourth-order valence-corrected chi connectivity index (χ4v) is 3.59. The maximum Gasteiger partial charge on any atom is 0.323 e. The number of nitrogens with one attached hydrogen (secondary N) is 2. The number of carbonyl (C=O) groups is 1. The van der Waals surface area contributed by atoms with Crippen LogP contribution in [0.4, 0.5) is 16.2 Å². The molecule has 0 saturated heterocycles. The van der Waals surface area contributed by atoms with Crippen molar-refractivity contribution in [1.82, 2.24) is 9.38 Å². The van der Waals surface area contributed by atoms with E-state index in [0.29, 0.717) is 22.9 Å². The van der Waals surface area contributed by atoms with Gasteiger partial charge in [0.25, 0.3) is 0 Å². The van der Waals surface area contributed by atoms with Crippen molar-refractivity contribution in [3.63, 3.8) is 0 Å². The van der Waals surface area contributed by atoms with Gasteiger partial charge >= 0.3 is 6.03 Å². The number of urea groups is 1. The summed E-state index contributed by atoms with van der Waals surface area (Å²) < 4.78 is 12.6. The first kappa shape index (κ1) is 15.7. The average molecular weight is 378 g/mol. The summed E-state index contributed by atoms with van der Waals surface area (Å²) in [6, 6.07) is 12.5. The molecule has 27 heavy (non-hydrogen) atoms. The van der Waals surface area contributed by atoms with Crippen LogP contribution < -0.4 is 20.1 Å². The molecule has 5 rings (SSSR count). The average Bonchev–Trinajstić information content (AvgIpc) is 3.37. The summed E-state index contributed by atoms with van der Waals surface area (Å²) in [5.41, 5.74) is 3.11. The van der Waals surface area contributed by atoms with Gasteiger partial charge in [0, 0.05) is 40.8 Å². The van der Waals surface area contributed by atoms with E-state index in [9.17, 15) is 4.79 Å². The summed E-state index contributed by atoms with van der Waals surface area (Å²) in [7, 11) is 0. The van der Waals surface area contributed by atoms with Crippen LogP contribution in [0.1, 0.15) is 0 Å². The lowest BCUT2D eigenvalue weighted by molar-refractivity contribution is 0.174. The van der Waals surface area contributed by atoms with E-state index in [1.54, 1.807) is 29.5 Å². The van der Waals surface area contributed by atoms with Crippen LogP contribution in [0.15, 0.2) is 60.2 Å². The first-order valence-electron chi connectivity index (χ1n) is 8.25. The number of amides is 2. The molecule has 0 bridgehead atoms. The molecule has 0 fully saturated rings. The van der Waals surface area contributed by atoms with Gasteiger partial charge < -0.3 is 20.1 Å². The molecule has 0 radical (unpaired) electrons. The van der Waals surface area contributed by atoms with E-state index in [0.717, 1.165) is 16.2 Å². The van der Waals surface area contributed by atoms with Crippen molar-refractivity contribution in [2.75, 3.05) is 17.4 Å². The number of thiazole rings is 1. The summed E-state index contributed by atoms with van der Waals surface area (Å²) >= 11 is 1.58. The zero-order valence-corrected chi connectivity index (χ0v) is 14.8. The number of rotatable bonds is 3. The van der Waals surface area contributed by atoms with Crippen LogP contribution in [0.25, 0.3) is 16.2 Å². The minimum absolute atomic E-state index is 0.198. The third-order valence-corrected chi connectivity index (χ3v) is 4.91. The van der Waals surface area contributed by atoms with Gasteiger partial charge in [0.05, 0.1) is 5.69 Å². The fraction of sp³-hybridized carbons (Fsp3) is 0.0526. The third-order valence-electron chi connectivity index (χ3n) is 4.14. The van der Waals surface area contributed by atoms with E-state index in [-0.39, 0.29) is 12.8 Å². The van der Waals surface area contributed by atoms with Crippen LogP contribution in [-0.4, -0.2) is 22.2 Å². The topological polar surface area (TPSA) is 76.9 Å². The lowest BCUT2D eigenvalue weighted by Crippen LogP contribution is -2.19. The van der Waals surface area contributed by atoms with Crippen LogP contribution in [0.5, 0.6) is 11.5 Å². The molecule has 0 aliphatic carbocycles. The quantitative estimate of drug-likeness (QED) is 0.553. The van der Waals surface area contributed by atoms with E-state index in [1.165, 1.54) is 0 Å². The number of carbonyl (C=O) groups excluding carboxylic acids is 1. The molecule has 1 aliphatic heterocycles. The van der Waals surface area contributed by atoms with Crippen molar-refractivity contribution in [3.8, 4) is 22.8 Å². The van der Waals surface area contributed by atoms with Gasteiger partial charge in [-0.1, -0.05) is 12.1 Å². The van der Waals surface area contributed by atoms with Gasteiger partial charge in [-0.3, -0.25) is 4.40 Å². The molecule has 2 amide bonds. The molecule has 0 unspecified atom stereocenters. The Morgan fingerprint density at radius 2 is 1.93 bits per heavy atom. The highest BCUT2D eigenvalue weighted by Gasteiger charge is 2.14. The highest BCUT2D eigenvalue weighted by atomic mass is 32.1. The molecule has 3 heterocycles. The molecule has 8 heteroatoms. The van der Waals surface area contributed by atoms with E-state index < -0.39 is 0 Å². The highest BCUT2D eigenvalue weighted by Crippen LogP contribution is 2.34. The van der Waals surface area contributed by atoms with Gasteiger partial charge in [0.2, 0.25) is 6.79 Å². The number of fused-ring (bicyclic) bond motifs is 2. The zero-order chi connectivity index (χ0) is 18.2. The Morgan fingerprint density at radius 1 is 1.07 bits per heavy atom. The second-order valence-electron chi connectivity index (χ2n) is 5.95. The highest BCUT2D eigenvalue weighted by molar-refractivity contribution is 7.15. The SMILES string of the molecule is O=C(Nc1cccc(-c2cn3ccsc3n2)c1)Nc1ccc2c(c1)OCO2. The summed E-state index contributed by atoms with van der Waals surface area (Å²) in [5.74, 6) is 1.29. The van der Waals surface area contributed by atoms with Crippen molar-refractivity contribution in [3.05, 3.63) is 60.2 Å². The number of anilines is 2. The number of hydrogen-bond donors (Lipinski definition) is 2. The molecular weight excluding hydrogens is 364 g/mol. The Morgan fingerprint density at radius 3 is 2.81 bits per heavy atom. The normalized spacial score (nSPS) is 12.3. The zero-order valence-electron chi connectivity index (χ0n) is 14.0. The smallest absolute Gasteiger partial charge is 0.323 e. The number of hydrogen-bond acceptors (Lipinski definition) is 5. The van der Waals surface area contributed by atoms with Crippen molar-refractivity contribution in [2.24, 2.45) is 0 Å². The first-order valence-corrected chi connectivity index (χ1v) is 9.13. The Hall–Kier alpha value is -3.52. The minimum Gasteiger partial charge on any atom is -0.454 e. The van der Waals surface area contributed by atoms with Crippen LogP contribution in [0.2, 0.25) is 0 Å². The summed E-state index contributed by atoms with van der Waals surface area (Å²) in [4.78, 5) is 17.8. The number of imidazole rings is 1. The Bertz CT molecular complexity index is 1120. The molecule has 2 aromatic heterocycles. The van der Waals surface area contributed by atoms with E-state index in [4.69, 9.17) is 9.47 Å². The molecule has 1 aliphatic rings. The van der Waals surface area contributed by atoms with Gasteiger partial charge in [-0.2, -0.15) is 0 Å². The van der Waals surface area contributed by atoms with Gasteiger partial charge in [0.1, 0.15) is 0 Å². The van der Waals surface area contributed by atoms with Gasteiger partial charge in [0.15, 0.2) is 16.5 Å². The van der Waals surface area contributed by atoms with Crippen LogP contribution in [0, 0.1) is 0 Å². The van der Waals surface area contributed by atoms with Crippen molar-refractivity contribution in [1.29, 1.82) is 0 Å². The predicted octanol–water partition coefficient (Wildman–Crippen LogP) is 4.44. The summed E-state index contributed by atoms with van der Waals surface area (Å²) in [6.07, 6.45) is 3.94. The molecular formula is C19H14N4O3S. The molecule has 4 aromatic rings. The standard InChI is InChI=1S/C19H14N4O3S/c24-18(21-14-4-5-16-17(9-14)26-11-25-16)20-13-3-1-2-12(8-13)15-10-23-6-7-27-19(23)22-15/h1-10H,11H2,(H2,20,21,24). The first-order chi connectivity index (χ1) is 13.2. The maximum atomic E-state index is 12.3. The second kappa shape index (κ2) is 6.33. The monoisotopic (exact) mass is 378 g/mol. The summed E-state index contributed by atoms with van der Waals surface area (Å²) in [5, 5.41) is 7.63. The minimum atomic E-state index is -0.336. The van der Waals surface area contributed by atoms with E-state index >= 15 is 0 Å². The number of nitrogens with zero attached hydrogens (tertiary/aromatic N) is 2. The largest absolute Gasteiger partial charge is 0.454 e. The lowest BCUT2D eigenvalue weighted by atomic mass is 10.1. The Kier molecular flexibility index (Phi) is 3.68. The van der Waals surface area contributed by atoms with Gasteiger partial charge in [-0.25, -0.2) is 9.78 Å². The molecule has 0 saturated carbocycles. The second-order valence-corrected chi connectivity index (χ2v) is 6.82. The molecule has 0 atom stereocenters. The molecule has 7 nitrogen and oxygen atoms in total. The number of ether oxygens (including phenoxy) is 2. The molecule has 134 valence electrons. The fourth-order valence-electron chi connectivity index (χ4n) is 2.89. The summed E-state index contributed by atoms with van der Waals surface area (Å²) in [6.45, 7) is 0.198. The molecule has 2 aromatic carbocycles. The Balaban J connectivity index is 1.31.